The molecule has 1 heterocycles. The van der Waals surface area contributed by atoms with Crippen molar-refractivity contribution >= 4 is 5.97 Å². The minimum Gasteiger partial charge on any atom is -0.494 e. The molecule has 0 amide bonds. The van der Waals surface area contributed by atoms with Crippen LogP contribution in [0.1, 0.15) is 57.9 Å². The molecule has 0 saturated heterocycles. The molecule has 3 atom stereocenters. The molecule has 172 valence electrons. The summed E-state index contributed by atoms with van der Waals surface area (Å²) in [7, 11) is 1.45. The van der Waals surface area contributed by atoms with Crippen molar-refractivity contribution in [1.29, 1.82) is 0 Å². The number of aromatic carboxylic acids is 1. The SMILES string of the molecule is COc1cc(C(C)NCC2CC(c3cc(C(=O)O)ccc3C)c3ccccc3O2)ccc1F. The van der Waals surface area contributed by atoms with E-state index in [2.05, 4.69) is 5.32 Å². The molecular weight excluding hydrogens is 421 g/mol. The molecule has 2 N–H and O–H groups in total. The molecule has 4 rings (SSSR count). The topological polar surface area (TPSA) is 67.8 Å². The molecule has 0 spiro atoms. The van der Waals surface area contributed by atoms with Gasteiger partial charge in [-0.15, -0.1) is 0 Å². The zero-order chi connectivity index (χ0) is 23.5. The summed E-state index contributed by atoms with van der Waals surface area (Å²) in [6.45, 7) is 4.61. The van der Waals surface area contributed by atoms with Gasteiger partial charge >= 0.3 is 5.97 Å². The van der Waals surface area contributed by atoms with Gasteiger partial charge in [0.05, 0.1) is 12.7 Å². The highest BCUT2D eigenvalue weighted by Gasteiger charge is 2.30. The second-order valence-corrected chi connectivity index (χ2v) is 8.47. The van der Waals surface area contributed by atoms with Crippen molar-refractivity contribution < 1.29 is 23.8 Å². The molecule has 1 aliphatic rings. The third-order valence-electron chi connectivity index (χ3n) is 6.32. The number of para-hydroxylation sites is 1. The van der Waals surface area contributed by atoms with E-state index in [9.17, 15) is 14.3 Å². The molecule has 0 aliphatic carbocycles. The number of nitrogens with one attached hydrogen (secondary N) is 1. The number of ether oxygens (including phenoxy) is 2. The lowest BCUT2D eigenvalue weighted by molar-refractivity contribution is 0.0696. The Hall–Kier alpha value is -3.38. The van der Waals surface area contributed by atoms with E-state index >= 15 is 0 Å². The Morgan fingerprint density at radius 1 is 1.18 bits per heavy atom. The Morgan fingerprint density at radius 3 is 2.73 bits per heavy atom. The fourth-order valence-corrected chi connectivity index (χ4v) is 4.43. The van der Waals surface area contributed by atoms with Gasteiger partial charge in [0.15, 0.2) is 11.6 Å². The van der Waals surface area contributed by atoms with Gasteiger partial charge in [0.2, 0.25) is 0 Å². The van der Waals surface area contributed by atoms with Crippen molar-refractivity contribution in [3.05, 3.63) is 94.3 Å². The number of halogens is 1. The predicted octanol–water partition coefficient (Wildman–Crippen LogP) is 5.47. The van der Waals surface area contributed by atoms with E-state index in [0.29, 0.717) is 13.0 Å². The van der Waals surface area contributed by atoms with E-state index in [1.165, 1.54) is 13.2 Å². The monoisotopic (exact) mass is 449 g/mol. The van der Waals surface area contributed by atoms with Gasteiger partial charge in [-0.2, -0.15) is 0 Å². The highest BCUT2D eigenvalue weighted by Crippen LogP contribution is 2.41. The zero-order valence-corrected chi connectivity index (χ0v) is 19.0. The van der Waals surface area contributed by atoms with Crippen LogP contribution in [0, 0.1) is 12.7 Å². The largest absolute Gasteiger partial charge is 0.494 e. The number of carboxylic acids is 1. The highest BCUT2D eigenvalue weighted by molar-refractivity contribution is 5.88. The number of methoxy groups -OCH3 is 1. The standard InChI is InChI=1S/C27H28FNO4/c1-16-8-9-19(27(30)31)12-22(16)23-14-20(33-25-7-5-4-6-21(23)25)15-29-17(2)18-10-11-24(28)26(13-18)32-3/h4-13,17,20,23,29H,14-15H2,1-3H3,(H,30,31). The van der Waals surface area contributed by atoms with Crippen LogP contribution < -0.4 is 14.8 Å². The van der Waals surface area contributed by atoms with Crippen LogP contribution in [-0.2, 0) is 0 Å². The Morgan fingerprint density at radius 2 is 1.97 bits per heavy atom. The first-order valence-electron chi connectivity index (χ1n) is 11.0. The molecule has 1 aliphatic heterocycles. The number of rotatable bonds is 7. The third kappa shape index (κ3) is 4.86. The summed E-state index contributed by atoms with van der Waals surface area (Å²) >= 11 is 0. The first-order valence-corrected chi connectivity index (χ1v) is 11.0. The molecular formula is C27H28FNO4. The van der Waals surface area contributed by atoms with Crippen LogP contribution in [0.3, 0.4) is 0 Å². The van der Waals surface area contributed by atoms with Crippen molar-refractivity contribution in [2.24, 2.45) is 0 Å². The van der Waals surface area contributed by atoms with Gasteiger partial charge in [0.25, 0.3) is 0 Å². The van der Waals surface area contributed by atoms with Gasteiger partial charge in [-0.3, -0.25) is 0 Å². The summed E-state index contributed by atoms with van der Waals surface area (Å²) < 4.78 is 25.2. The second-order valence-electron chi connectivity index (χ2n) is 8.47. The van der Waals surface area contributed by atoms with Crippen molar-refractivity contribution in [2.75, 3.05) is 13.7 Å². The lowest BCUT2D eigenvalue weighted by Crippen LogP contribution is -2.37. The quantitative estimate of drug-likeness (QED) is 0.500. The van der Waals surface area contributed by atoms with Gasteiger partial charge in [-0.1, -0.05) is 30.3 Å². The van der Waals surface area contributed by atoms with E-state index in [-0.39, 0.29) is 35.2 Å². The fraction of sp³-hybridized carbons (Fsp3) is 0.296. The van der Waals surface area contributed by atoms with Crippen molar-refractivity contribution in [2.45, 2.75) is 38.3 Å². The summed E-state index contributed by atoms with van der Waals surface area (Å²) in [5.41, 5.74) is 4.34. The van der Waals surface area contributed by atoms with Gasteiger partial charge < -0.3 is 19.9 Å². The molecule has 0 saturated carbocycles. The maximum absolute atomic E-state index is 13.8. The van der Waals surface area contributed by atoms with Crippen LogP contribution in [0.15, 0.2) is 60.7 Å². The lowest BCUT2D eigenvalue weighted by atomic mass is 9.81. The third-order valence-corrected chi connectivity index (χ3v) is 6.32. The Bertz CT molecular complexity index is 1160. The minimum absolute atomic E-state index is 0.0299. The van der Waals surface area contributed by atoms with Crippen LogP contribution in [0.5, 0.6) is 11.5 Å². The first-order chi connectivity index (χ1) is 15.9. The Kier molecular flexibility index (Phi) is 6.65. The molecule has 3 aromatic carbocycles. The van der Waals surface area contributed by atoms with Crippen molar-refractivity contribution in [1.82, 2.24) is 5.32 Å². The predicted molar refractivity (Wildman–Crippen MR) is 125 cm³/mol. The van der Waals surface area contributed by atoms with E-state index in [1.807, 2.05) is 44.2 Å². The molecule has 33 heavy (non-hydrogen) atoms. The number of fused-ring (bicyclic) bond motifs is 1. The molecule has 6 heteroatoms. The molecule has 0 bridgehead atoms. The van der Waals surface area contributed by atoms with Crippen LogP contribution in [-0.4, -0.2) is 30.8 Å². The van der Waals surface area contributed by atoms with Gasteiger partial charge in [0.1, 0.15) is 11.9 Å². The first kappa shape index (κ1) is 22.8. The van der Waals surface area contributed by atoms with Gasteiger partial charge in [-0.05, 0) is 67.3 Å². The van der Waals surface area contributed by atoms with Crippen LogP contribution in [0.2, 0.25) is 0 Å². The smallest absolute Gasteiger partial charge is 0.335 e. The maximum Gasteiger partial charge on any atom is 0.335 e. The number of aryl methyl sites for hydroxylation is 1. The van der Waals surface area contributed by atoms with E-state index in [0.717, 1.165) is 28.0 Å². The van der Waals surface area contributed by atoms with Gasteiger partial charge in [0, 0.05) is 24.1 Å². The Balaban J connectivity index is 1.56. The number of hydrogen-bond donors (Lipinski definition) is 2. The molecule has 3 aromatic rings. The molecule has 0 radical (unpaired) electrons. The van der Waals surface area contributed by atoms with Crippen molar-refractivity contribution in [3.63, 3.8) is 0 Å². The summed E-state index contributed by atoms with van der Waals surface area (Å²) in [5, 5.41) is 13.0. The summed E-state index contributed by atoms with van der Waals surface area (Å²) in [5.74, 6) is -0.252. The highest BCUT2D eigenvalue weighted by atomic mass is 19.1. The normalized spacial score (nSPS) is 18.2. The maximum atomic E-state index is 13.8. The summed E-state index contributed by atoms with van der Waals surface area (Å²) in [6.07, 6.45) is 0.607. The molecule has 0 fully saturated rings. The second kappa shape index (κ2) is 9.63. The molecule has 0 aromatic heterocycles. The average molecular weight is 450 g/mol. The van der Waals surface area contributed by atoms with E-state index in [1.54, 1.807) is 24.3 Å². The van der Waals surface area contributed by atoms with Crippen LogP contribution >= 0.6 is 0 Å². The molecule has 3 unspecified atom stereocenters. The Labute approximate surface area is 193 Å². The zero-order valence-electron chi connectivity index (χ0n) is 19.0. The number of hydrogen-bond acceptors (Lipinski definition) is 4. The molecule has 5 nitrogen and oxygen atoms in total. The van der Waals surface area contributed by atoms with E-state index in [4.69, 9.17) is 9.47 Å². The lowest BCUT2D eigenvalue weighted by Gasteiger charge is -2.34. The summed E-state index contributed by atoms with van der Waals surface area (Å²) in [4.78, 5) is 11.6. The van der Waals surface area contributed by atoms with Gasteiger partial charge in [-0.25, -0.2) is 9.18 Å². The average Bonchev–Trinajstić information content (AvgIpc) is 2.82. The number of carboxylic acid groups (broad SMARTS) is 1. The van der Waals surface area contributed by atoms with Crippen molar-refractivity contribution in [3.8, 4) is 11.5 Å². The van der Waals surface area contributed by atoms with Crippen LogP contribution in [0.25, 0.3) is 0 Å². The minimum atomic E-state index is -0.932. The van der Waals surface area contributed by atoms with Crippen LogP contribution in [0.4, 0.5) is 4.39 Å². The van der Waals surface area contributed by atoms with E-state index < -0.39 is 5.97 Å². The fourth-order valence-electron chi connectivity index (χ4n) is 4.43. The number of carbonyl (C=O) groups is 1. The number of benzene rings is 3. The summed E-state index contributed by atoms with van der Waals surface area (Å²) in [6, 6.07) is 18.0.